The zero-order valence-electron chi connectivity index (χ0n) is 13.4. The third kappa shape index (κ3) is 4.13. The van der Waals surface area contributed by atoms with Crippen molar-refractivity contribution in [3.8, 4) is 16.3 Å². The Morgan fingerprint density at radius 3 is 2.96 bits per heavy atom. The molecule has 3 rings (SSSR count). The Kier molecular flexibility index (Phi) is 4.94. The van der Waals surface area contributed by atoms with E-state index in [0.717, 1.165) is 21.2 Å². The number of imide groups is 1. The average molecular weight is 360 g/mol. The lowest BCUT2D eigenvalue weighted by atomic mass is 10.2. The molecule has 8 nitrogen and oxygen atoms in total. The number of carbonyl (C=O) groups excluding carboxylic acids is 3. The maximum absolute atomic E-state index is 11.9. The van der Waals surface area contributed by atoms with Crippen LogP contribution in [0.2, 0.25) is 0 Å². The highest BCUT2D eigenvalue weighted by atomic mass is 32.1. The second-order valence-corrected chi connectivity index (χ2v) is 6.48. The van der Waals surface area contributed by atoms with Crippen LogP contribution in [0.1, 0.15) is 11.3 Å². The zero-order valence-corrected chi connectivity index (χ0v) is 14.2. The second-order valence-electron chi connectivity index (χ2n) is 5.36. The van der Waals surface area contributed by atoms with Gasteiger partial charge in [0.05, 0.1) is 20.1 Å². The van der Waals surface area contributed by atoms with Crippen molar-refractivity contribution in [3.05, 3.63) is 35.3 Å². The fourth-order valence-corrected chi connectivity index (χ4v) is 3.17. The summed E-state index contributed by atoms with van der Waals surface area (Å²) in [6.45, 7) is 0.308. The van der Waals surface area contributed by atoms with Crippen molar-refractivity contribution in [2.45, 2.75) is 19.0 Å². The van der Waals surface area contributed by atoms with Gasteiger partial charge in [0, 0.05) is 16.6 Å². The molecule has 1 aliphatic heterocycles. The molecule has 3 N–H and O–H groups in total. The van der Waals surface area contributed by atoms with E-state index < -0.39 is 18.0 Å². The van der Waals surface area contributed by atoms with Crippen molar-refractivity contribution in [2.75, 3.05) is 7.11 Å². The van der Waals surface area contributed by atoms with E-state index in [1.807, 2.05) is 24.3 Å². The maximum atomic E-state index is 11.9. The highest BCUT2D eigenvalue weighted by Gasteiger charge is 2.31. The lowest BCUT2D eigenvalue weighted by Crippen LogP contribution is -2.35. The lowest BCUT2D eigenvalue weighted by Gasteiger charge is -2.07. The molecule has 25 heavy (non-hydrogen) atoms. The van der Waals surface area contributed by atoms with E-state index in [1.165, 1.54) is 11.3 Å². The van der Waals surface area contributed by atoms with E-state index in [1.54, 1.807) is 13.3 Å². The molecule has 1 saturated heterocycles. The van der Waals surface area contributed by atoms with E-state index >= 15 is 0 Å². The summed E-state index contributed by atoms with van der Waals surface area (Å²) in [5.74, 6) is -0.0589. The summed E-state index contributed by atoms with van der Waals surface area (Å²) in [7, 11) is 1.61. The molecule has 1 aliphatic rings. The number of carbonyl (C=O) groups is 3. The molecule has 9 heteroatoms. The van der Waals surface area contributed by atoms with Crippen LogP contribution in [0.3, 0.4) is 0 Å². The number of hydrogen-bond donors (Lipinski definition) is 3. The van der Waals surface area contributed by atoms with Crippen molar-refractivity contribution in [1.82, 2.24) is 20.9 Å². The normalized spacial score (nSPS) is 16.3. The van der Waals surface area contributed by atoms with E-state index in [4.69, 9.17) is 4.74 Å². The van der Waals surface area contributed by atoms with Crippen LogP contribution < -0.4 is 20.7 Å². The summed E-state index contributed by atoms with van der Waals surface area (Å²) < 4.78 is 5.20. The van der Waals surface area contributed by atoms with Gasteiger partial charge in [0.1, 0.15) is 16.8 Å². The lowest BCUT2D eigenvalue weighted by molar-refractivity contribution is -0.126. The van der Waals surface area contributed by atoms with Crippen LogP contribution in [0.5, 0.6) is 5.75 Å². The molecule has 1 atom stereocenters. The molecular weight excluding hydrogens is 344 g/mol. The molecule has 1 aromatic carbocycles. The van der Waals surface area contributed by atoms with Crippen LogP contribution in [0, 0.1) is 0 Å². The number of rotatable bonds is 6. The Morgan fingerprint density at radius 1 is 1.40 bits per heavy atom. The van der Waals surface area contributed by atoms with Crippen LogP contribution in [0.4, 0.5) is 4.79 Å². The first-order chi connectivity index (χ1) is 12.0. The number of ether oxygens (including phenoxy) is 1. The van der Waals surface area contributed by atoms with Gasteiger partial charge in [0.2, 0.25) is 5.91 Å². The van der Waals surface area contributed by atoms with Crippen LogP contribution >= 0.6 is 11.3 Å². The summed E-state index contributed by atoms with van der Waals surface area (Å²) in [6, 6.07) is 6.18. The smallest absolute Gasteiger partial charge is 0.322 e. The first-order valence-corrected chi connectivity index (χ1v) is 8.34. The number of benzene rings is 1. The summed E-state index contributed by atoms with van der Waals surface area (Å²) in [4.78, 5) is 39.6. The zero-order chi connectivity index (χ0) is 17.8. The van der Waals surface area contributed by atoms with Gasteiger partial charge in [0.15, 0.2) is 0 Å². The van der Waals surface area contributed by atoms with E-state index in [2.05, 4.69) is 20.9 Å². The van der Waals surface area contributed by atoms with Gasteiger partial charge < -0.3 is 15.4 Å². The summed E-state index contributed by atoms with van der Waals surface area (Å²) in [6.07, 6.45) is 1.60. The highest BCUT2D eigenvalue weighted by molar-refractivity contribution is 7.15. The Balaban J connectivity index is 1.55. The molecule has 0 spiro atoms. The predicted octanol–water partition coefficient (Wildman–Crippen LogP) is 1.03. The quantitative estimate of drug-likeness (QED) is 0.667. The molecular formula is C16H16N4O4S. The summed E-state index contributed by atoms with van der Waals surface area (Å²) in [5.41, 5.74) is 0.937. The van der Waals surface area contributed by atoms with Crippen molar-refractivity contribution < 1.29 is 19.1 Å². The number of urea groups is 1. The number of hydrogen-bond acceptors (Lipinski definition) is 6. The number of aromatic nitrogens is 1. The van der Waals surface area contributed by atoms with Gasteiger partial charge in [-0.1, -0.05) is 12.1 Å². The van der Waals surface area contributed by atoms with Crippen molar-refractivity contribution in [3.63, 3.8) is 0 Å². The molecule has 4 amide bonds. The van der Waals surface area contributed by atoms with Crippen LogP contribution in [-0.4, -0.2) is 36.0 Å². The van der Waals surface area contributed by atoms with Crippen LogP contribution in [-0.2, 0) is 16.1 Å². The third-order valence-electron chi connectivity index (χ3n) is 3.58. The van der Waals surface area contributed by atoms with E-state index in [9.17, 15) is 14.4 Å². The summed E-state index contributed by atoms with van der Waals surface area (Å²) in [5, 5.41) is 8.03. The minimum atomic E-state index is -0.818. The minimum absolute atomic E-state index is 0.0981. The Morgan fingerprint density at radius 2 is 2.24 bits per heavy atom. The SMILES string of the molecule is COc1cccc(-c2ncc(CNC(=O)C[C@@H]3NC(=O)NC3=O)s2)c1. The Bertz CT molecular complexity index is 820. The topological polar surface area (TPSA) is 109 Å². The second kappa shape index (κ2) is 7.31. The van der Waals surface area contributed by atoms with Gasteiger partial charge in [-0.05, 0) is 12.1 Å². The van der Waals surface area contributed by atoms with E-state index in [-0.39, 0.29) is 12.3 Å². The number of nitrogens with one attached hydrogen (secondary N) is 3. The first-order valence-electron chi connectivity index (χ1n) is 7.52. The fourth-order valence-electron chi connectivity index (χ4n) is 2.32. The summed E-state index contributed by atoms with van der Waals surface area (Å²) >= 11 is 1.46. The van der Waals surface area contributed by atoms with E-state index in [0.29, 0.717) is 6.54 Å². The predicted molar refractivity (Wildman–Crippen MR) is 91.0 cm³/mol. The molecule has 1 fully saturated rings. The number of thiazole rings is 1. The molecule has 2 aromatic rings. The molecule has 0 bridgehead atoms. The van der Waals surface area contributed by atoms with Crippen molar-refractivity contribution in [2.24, 2.45) is 0 Å². The van der Waals surface area contributed by atoms with Gasteiger partial charge in [-0.3, -0.25) is 14.9 Å². The van der Waals surface area contributed by atoms with Crippen molar-refractivity contribution >= 4 is 29.2 Å². The molecule has 0 saturated carbocycles. The van der Waals surface area contributed by atoms with Crippen LogP contribution in [0.15, 0.2) is 30.5 Å². The van der Waals surface area contributed by atoms with Crippen molar-refractivity contribution in [1.29, 1.82) is 0 Å². The number of amides is 4. The monoisotopic (exact) mass is 360 g/mol. The van der Waals surface area contributed by atoms with Gasteiger partial charge in [0.25, 0.3) is 5.91 Å². The van der Waals surface area contributed by atoms with Gasteiger partial charge in [-0.15, -0.1) is 11.3 Å². The maximum Gasteiger partial charge on any atom is 0.322 e. The first kappa shape index (κ1) is 16.9. The molecule has 0 unspecified atom stereocenters. The fraction of sp³-hybridized carbons (Fsp3) is 0.250. The van der Waals surface area contributed by atoms with Gasteiger partial charge in [-0.2, -0.15) is 0 Å². The van der Waals surface area contributed by atoms with Gasteiger partial charge in [-0.25, -0.2) is 9.78 Å². The third-order valence-corrected chi connectivity index (χ3v) is 4.62. The number of nitrogens with zero attached hydrogens (tertiary/aromatic N) is 1. The average Bonchev–Trinajstić information content (AvgIpc) is 3.20. The largest absolute Gasteiger partial charge is 0.497 e. The molecule has 2 heterocycles. The standard InChI is InChI=1S/C16H16N4O4S/c1-24-10-4-2-3-9(5-10)15-18-8-11(25-15)7-17-13(21)6-12-14(22)20-16(23)19-12/h2-5,8,12H,6-7H2,1H3,(H,17,21)(H2,19,20,22,23)/t12-/m0/s1. The Hall–Kier alpha value is -2.94. The molecule has 1 aromatic heterocycles. The molecule has 0 radical (unpaired) electrons. The minimum Gasteiger partial charge on any atom is -0.497 e. The number of methoxy groups -OCH3 is 1. The Labute approximate surface area is 147 Å². The highest BCUT2D eigenvalue weighted by Crippen LogP contribution is 2.27. The molecule has 130 valence electrons. The van der Waals surface area contributed by atoms with Gasteiger partial charge >= 0.3 is 6.03 Å². The van der Waals surface area contributed by atoms with Crippen LogP contribution in [0.25, 0.3) is 10.6 Å². The molecule has 0 aliphatic carbocycles.